The Morgan fingerprint density at radius 3 is 3.07 bits per heavy atom. The van der Waals surface area contributed by atoms with Crippen LogP contribution in [0.3, 0.4) is 0 Å². The number of hydrogen-bond acceptors (Lipinski definition) is 4. The molecule has 3 rings (SSSR count). The lowest BCUT2D eigenvalue weighted by Crippen LogP contribution is -2.15. The molecule has 0 aliphatic heterocycles. The number of nitrogens with zero attached hydrogens (tertiary/aromatic N) is 4. The first-order valence-electron chi connectivity index (χ1n) is 4.93. The van der Waals surface area contributed by atoms with Crippen LogP contribution in [0.15, 0.2) is 30.7 Å². The Bertz CT molecular complexity index is 515. The van der Waals surface area contributed by atoms with Gasteiger partial charge in [0.2, 0.25) is 0 Å². The van der Waals surface area contributed by atoms with Gasteiger partial charge in [-0.25, -0.2) is 0 Å². The minimum Gasteiger partial charge on any atom is -0.324 e. The monoisotopic (exact) mass is 201 g/mol. The highest BCUT2D eigenvalue weighted by molar-refractivity contribution is 5.35. The Labute approximate surface area is 86.6 Å². The number of aromatic nitrogens is 4. The van der Waals surface area contributed by atoms with Crippen LogP contribution in [0, 0.1) is 0 Å². The van der Waals surface area contributed by atoms with Gasteiger partial charge in [0.05, 0.1) is 6.20 Å². The molecule has 0 amide bonds. The summed E-state index contributed by atoms with van der Waals surface area (Å²) in [6.45, 7) is 0. The topological polar surface area (TPSA) is 69.1 Å². The molecule has 0 fully saturated rings. The van der Waals surface area contributed by atoms with Crippen LogP contribution in [-0.2, 0) is 0 Å². The fourth-order valence-corrected chi connectivity index (χ4v) is 1.94. The second-order valence-electron chi connectivity index (χ2n) is 3.75. The van der Waals surface area contributed by atoms with Crippen LogP contribution in [-0.4, -0.2) is 25.6 Å². The Morgan fingerprint density at radius 1 is 1.33 bits per heavy atom. The number of allylic oxidation sites excluding steroid dienone is 1. The molecule has 15 heavy (non-hydrogen) atoms. The van der Waals surface area contributed by atoms with Crippen molar-refractivity contribution in [2.45, 2.75) is 18.4 Å². The van der Waals surface area contributed by atoms with E-state index in [9.17, 15) is 0 Å². The van der Waals surface area contributed by atoms with Crippen molar-refractivity contribution in [3.63, 3.8) is 0 Å². The molecule has 0 bridgehead atoms. The molecule has 2 N–H and O–H groups in total. The molecule has 0 saturated heterocycles. The zero-order chi connectivity index (χ0) is 10.3. The van der Waals surface area contributed by atoms with Gasteiger partial charge in [-0.15, -0.1) is 10.2 Å². The summed E-state index contributed by atoms with van der Waals surface area (Å²) in [7, 11) is 0. The molecular formula is C10H11N5. The minimum atomic E-state index is 0.143. The van der Waals surface area contributed by atoms with Gasteiger partial charge in [-0.3, -0.25) is 9.38 Å². The molecule has 5 heteroatoms. The fourth-order valence-electron chi connectivity index (χ4n) is 1.94. The summed E-state index contributed by atoms with van der Waals surface area (Å²) in [4.78, 5) is 4.00. The van der Waals surface area contributed by atoms with Crippen LogP contribution >= 0.6 is 0 Å². The van der Waals surface area contributed by atoms with Crippen LogP contribution in [0.25, 0.3) is 5.65 Å². The van der Waals surface area contributed by atoms with E-state index in [0.29, 0.717) is 0 Å². The van der Waals surface area contributed by atoms with E-state index in [-0.39, 0.29) is 12.0 Å². The van der Waals surface area contributed by atoms with E-state index >= 15 is 0 Å². The maximum Gasteiger partial charge on any atom is 0.179 e. The highest BCUT2D eigenvalue weighted by Crippen LogP contribution is 2.26. The van der Waals surface area contributed by atoms with Crippen LogP contribution in [0.4, 0.5) is 0 Å². The first-order chi connectivity index (χ1) is 7.34. The average molecular weight is 201 g/mol. The third kappa shape index (κ3) is 1.32. The standard InChI is InChI=1S/C10H11N5/c11-8-2-1-7(5-8)10-14-13-9-6-12-3-4-15(9)10/h1-4,6-8H,5,11H2. The quantitative estimate of drug-likeness (QED) is 0.682. The largest absolute Gasteiger partial charge is 0.324 e. The van der Waals surface area contributed by atoms with Gasteiger partial charge < -0.3 is 5.73 Å². The van der Waals surface area contributed by atoms with Gasteiger partial charge in [-0.2, -0.15) is 0 Å². The summed E-state index contributed by atoms with van der Waals surface area (Å²) >= 11 is 0. The molecule has 0 radical (unpaired) electrons. The molecule has 5 nitrogen and oxygen atoms in total. The van der Waals surface area contributed by atoms with E-state index < -0.39 is 0 Å². The van der Waals surface area contributed by atoms with Crippen LogP contribution in [0.1, 0.15) is 18.2 Å². The van der Waals surface area contributed by atoms with Gasteiger partial charge in [0.1, 0.15) is 5.82 Å². The van der Waals surface area contributed by atoms with Crippen molar-refractivity contribution >= 4 is 5.65 Å². The van der Waals surface area contributed by atoms with Crippen LogP contribution < -0.4 is 5.73 Å². The third-order valence-corrected chi connectivity index (χ3v) is 2.69. The van der Waals surface area contributed by atoms with Crippen molar-refractivity contribution in [2.24, 2.45) is 5.73 Å². The highest BCUT2D eigenvalue weighted by Gasteiger charge is 2.21. The smallest absolute Gasteiger partial charge is 0.179 e. The molecule has 1 aliphatic rings. The van der Waals surface area contributed by atoms with Gasteiger partial charge in [0.25, 0.3) is 0 Å². The Kier molecular flexibility index (Phi) is 1.78. The summed E-state index contributed by atoms with van der Waals surface area (Å²) in [5, 5.41) is 8.24. The molecule has 0 saturated carbocycles. The maximum absolute atomic E-state index is 5.82. The lowest BCUT2D eigenvalue weighted by Gasteiger charge is -2.06. The summed E-state index contributed by atoms with van der Waals surface area (Å²) in [6, 6.07) is 0.143. The van der Waals surface area contributed by atoms with Gasteiger partial charge in [0.15, 0.2) is 5.65 Å². The summed E-state index contributed by atoms with van der Waals surface area (Å²) in [6.07, 6.45) is 10.3. The third-order valence-electron chi connectivity index (χ3n) is 2.69. The first-order valence-corrected chi connectivity index (χ1v) is 4.93. The maximum atomic E-state index is 5.82. The number of fused-ring (bicyclic) bond motifs is 1. The van der Waals surface area contributed by atoms with Crippen LogP contribution in [0.2, 0.25) is 0 Å². The second-order valence-corrected chi connectivity index (χ2v) is 3.75. The van der Waals surface area contributed by atoms with E-state index in [2.05, 4.69) is 21.3 Å². The summed E-state index contributed by atoms with van der Waals surface area (Å²) in [5.74, 6) is 1.22. The van der Waals surface area contributed by atoms with E-state index in [0.717, 1.165) is 17.9 Å². The van der Waals surface area contributed by atoms with Crippen molar-refractivity contribution in [3.8, 4) is 0 Å². The molecular weight excluding hydrogens is 190 g/mol. The minimum absolute atomic E-state index is 0.143. The molecule has 1 aliphatic carbocycles. The second kappa shape index (κ2) is 3.13. The van der Waals surface area contributed by atoms with Crippen molar-refractivity contribution in [3.05, 3.63) is 36.6 Å². The summed E-state index contributed by atoms with van der Waals surface area (Å²) in [5.41, 5.74) is 6.60. The zero-order valence-corrected chi connectivity index (χ0v) is 8.11. The van der Waals surface area contributed by atoms with E-state index in [1.807, 2.05) is 16.7 Å². The fraction of sp³-hybridized carbons (Fsp3) is 0.300. The predicted octanol–water partition coefficient (Wildman–Crippen LogP) is 0.495. The van der Waals surface area contributed by atoms with Crippen molar-refractivity contribution < 1.29 is 0 Å². The lowest BCUT2D eigenvalue weighted by atomic mass is 10.1. The SMILES string of the molecule is NC1C=CC(c2nnc3cnccn23)C1. The van der Waals surface area contributed by atoms with Crippen molar-refractivity contribution in [1.82, 2.24) is 19.6 Å². The van der Waals surface area contributed by atoms with E-state index in [1.165, 1.54) is 0 Å². The number of hydrogen-bond donors (Lipinski definition) is 1. The summed E-state index contributed by atoms with van der Waals surface area (Å²) < 4.78 is 1.96. The Hall–Kier alpha value is -1.75. The molecule has 76 valence electrons. The highest BCUT2D eigenvalue weighted by atomic mass is 15.3. The van der Waals surface area contributed by atoms with E-state index in [4.69, 9.17) is 5.73 Å². The number of nitrogens with two attached hydrogens (primary N) is 1. The Balaban J connectivity index is 2.08. The van der Waals surface area contributed by atoms with E-state index in [1.54, 1.807) is 12.4 Å². The molecule has 2 aromatic heterocycles. The molecule has 0 aromatic carbocycles. The number of rotatable bonds is 1. The van der Waals surface area contributed by atoms with Crippen molar-refractivity contribution in [1.29, 1.82) is 0 Å². The molecule has 2 unspecified atom stereocenters. The Morgan fingerprint density at radius 2 is 2.27 bits per heavy atom. The average Bonchev–Trinajstić information content (AvgIpc) is 2.83. The van der Waals surface area contributed by atoms with Crippen molar-refractivity contribution in [2.75, 3.05) is 0 Å². The lowest BCUT2D eigenvalue weighted by molar-refractivity contribution is 0.670. The van der Waals surface area contributed by atoms with Gasteiger partial charge in [-0.1, -0.05) is 12.2 Å². The zero-order valence-electron chi connectivity index (χ0n) is 8.11. The molecule has 2 aromatic rings. The molecule has 0 spiro atoms. The first kappa shape index (κ1) is 8.55. The molecule has 2 heterocycles. The molecule has 2 atom stereocenters. The van der Waals surface area contributed by atoms with Crippen LogP contribution in [0.5, 0.6) is 0 Å². The van der Waals surface area contributed by atoms with Gasteiger partial charge in [-0.05, 0) is 6.42 Å². The van der Waals surface area contributed by atoms with Gasteiger partial charge in [0, 0.05) is 24.4 Å². The van der Waals surface area contributed by atoms with Gasteiger partial charge >= 0.3 is 0 Å². The predicted molar refractivity (Wildman–Crippen MR) is 55.3 cm³/mol. The normalized spacial score (nSPS) is 25.1.